The highest BCUT2D eigenvalue weighted by molar-refractivity contribution is 5.93. The molecule has 0 fully saturated rings. The quantitative estimate of drug-likeness (QED) is 0.628. The number of hydrogen-bond acceptors (Lipinski definition) is 1. The lowest BCUT2D eigenvalue weighted by atomic mass is 10.2. The van der Waals surface area contributed by atoms with Crippen LogP contribution in [0, 0.1) is 12.4 Å². The molecule has 1 rings (SSSR count). The van der Waals surface area contributed by atoms with Gasteiger partial charge in [0.05, 0.1) is 6.57 Å². The summed E-state index contributed by atoms with van der Waals surface area (Å²) in [7, 11) is 0. The van der Waals surface area contributed by atoms with Gasteiger partial charge in [-0.3, -0.25) is 4.79 Å². The minimum absolute atomic E-state index is 0.0694. The molecule has 1 aromatic rings. The van der Waals surface area contributed by atoms with E-state index in [4.69, 9.17) is 12.3 Å². The third-order valence-electron chi connectivity index (χ3n) is 1.35. The Balaban J connectivity index is 3.21. The lowest BCUT2D eigenvalue weighted by molar-refractivity contribution is 0.1000. The van der Waals surface area contributed by atoms with Crippen molar-refractivity contribution in [1.29, 1.82) is 0 Å². The number of carbonyl (C=O) groups excluding carboxylic acids is 1. The van der Waals surface area contributed by atoms with E-state index in [0.29, 0.717) is 0 Å². The second-order valence-electron chi connectivity index (χ2n) is 2.14. The van der Waals surface area contributed by atoms with Gasteiger partial charge in [-0.25, -0.2) is 9.24 Å². The maximum absolute atomic E-state index is 12.8. The van der Waals surface area contributed by atoms with Crippen molar-refractivity contribution in [3.05, 3.63) is 41.0 Å². The molecule has 0 aliphatic heterocycles. The number of primary amides is 1. The first-order valence-electron chi connectivity index (χ1n) is 3.12. The van der Waals surface area contributed by atoms with E-state index in [9.17, 15) is 9.18 Å². The number of carbonyl (C=O) groups is 1. The predicted molar refractivity (Wildman–Crippen MR) is 41.2 cm³/mol. The Bertz CT molecular complexity index is 368. The fourth-order valence-corrected chi connectivity index (χ4v) is 0.751. The van der Waals surface area contributed by atoms with Crippen molar-refractivity contribution in [2.45, 2.75) is 0 Å². The third-order valence-corrected chi connectivity index (χ3v) is 1.35. The average Bonchev–Trinajstić information content (AvgIpc) is 2.04. The van der Waals surface area contributed by atoms with Crippen LogP contribution < -0.4 is 5.73 Å². The van der Waals surface area contributed by atoms with Gasteiger partial charge in [-0.15, -0.1) is 0 Å². The molecule has 1 amide bonds. The zero-order valence-corrected chi connectivity index (χ0v) is 6.04. The van der Waals surface area contributed by atoms with Gasteiger partial charge in [-0.1, -0.05) is 12.1 Å². The fourth-order valence-electron chi connectivity index (χ4n) is 0.751. The van der Waals surface area contributed by atoms with E-state index >= 15 is 0 Å². The molecule has 0 aliphatic carbocycles. The van der Waals surface area contributed by atoms with Crippen LogP contribution in [-0.2, 0) is 0 Å². The summed E-state index contributed by atoms with van der Waals surface area (Å²) in [4.78, 5) is 13.4. The molecule has 0 aliphatic rings. The second kappa shape index (κ2) is 3.01. The van der Waals surface area contributed by atoms with Gasteiger partial charge >= 0.3 is 0 Å². The standard InChI is InChI=1S/C8H5FN2O/c1-11-7-3-2-5(8(10)12)4-6(7)9/h2-4H,(H2,10,12). The Morgan fingerprint density at radius 3 is 2.67 bits per heavy atom. The Morgan fingerprint density at radius 2 is 2.25 bits per heavy atom. The highest BCUT2D eigenvalue weighted by Crippen LogP contribution is 2.18. The first-order valence-corrected chi connectivity index (χ1v) is 3.12. The highest BCUT2D eigenvalue weighted by atomic mass is 19.1. The van der Waals surface area contributed by atoms with Crippen molar-refractivity contribution in [1.82, 2.24) is 0 Å². The fraction of sp³-hybridized carbons (Fsp3) is 0. The van der Waals surface area contributed by atoms with Crippen LogP contribution in [0.15, 0.2) is 18.2 Å². The minimum Gasteiger partial charge on any atom is -0.366 e. The van der Waals surface area contributed by atoms with Gasteiger partial charge in [0.25, 0.3) is 0 Å². The van der Waals surface area contributed by atoms with Crippen LogP contribution in [-0.4, -0.2) is 5.91 Å². The van der Waals surface area contributed by atoms with Gasteiger partial charge in [0.1, 0.15) is 5.82 Å². The van der Waals surface area contributed by atoms with Crippen molar-refractivity contribution in [3.63, 3.8) is 0 Å². The average molecular weight is 164 g/mol. The van der Waals surface area contributed by atoms with E-state index in [2.05, 4.69) is 4.85 Å². The van der Waals surface area contributed by atoms with Crippen LogP contribution in [0.25, 0.3) is 4.85 Å². The molecule has 0 bridgehead atoms. The Labute approximate surface area is 68.4 Å². The number of nitrogens with zero attached hydrogens (tertiary/aromatic N) is 1. The molecule has 0 radical (unpaired) electrons. The van der Waals surface area contributed by atoms with Gasteiger partial charge in [0.15, 0.2) is 0 Å². The van der Waals surface area contributed by atoms with Crippen molar-refractivity contribution >= 4 is 11.6 Å². The van der Waals surface area contributed by atoms with E-state index in [0.717, 1.165) is 6.07 Å². The van der Waals surface area contributed by atoms with Crippen molar-refractivity contribution in [3.8, 4) is 0 Å². The van der Waals surface area contributed by atoms with Crippen LogP contribution in [0.4, 0.5) is 10.1 Å². The first-order chi connectivity index (χ1) is 5.65. The Kier molecular flexibility index (Phi) is 2.06. The molecular weight excluding hydrogens is 159 g/mol. The second-order valence-corrected chi connectivity index (χ2v) is 2.14. The molecule has 0 heterocycles. The van der Waals surface area contributed by atoms with Gasteiger partial charge in [-0.2, -0.15) is 0 Å². The number of halogens is 1. The summed E-state index contributed by atoms with van der Waals surface area (Å²) in [5.74, 6) is -1.42. The predicted octanol–water partition coefficient (Wildman–Crippen LogP) is 1.48. The summed E-state index contributed by atoms with van der Waals surface area (Å²) < 4.78 is 12.8. The zero-order chi connectivity index (χ0) is 9.14. The van der Waals surface area contributed by atoms with Crippen LogP contribution in [0.1, 0.15) is 10.4 Å². The normalized spacial score (nSPS) is 9.00. The number of hydrogen-bond donors (Lipinski definition) is 1. The van der Waals surface area contributed by atoms with Gasteiger partial charge in [-0.05, 0) is 6.07 Å². The molecule has 0 aromatic heterocycles. The molecule has 3 nitrogen and oxygen atoms in total. The topological polar surface area (TPSA) is 47.5 Å². The lowest BCUT2D eigenvalue weighted by Gasteiger charge is -1.96. The van der Waals surface area contributed by atoms with E-state index < -0.39 is 11.7 Å². The van der Waals surface area contributed by atoms with Gasteiger partial charge in [0.2, 0.25) is 11.6 Å². The molecule has 60 valence electrons. The van der Waals surface area contributed by atoms with Crippen molar-refractivity contribution in [2.75, 3.05) is 0 Å². The summed E-state index contributed by atoms with van der Waals surface area (Å²) in [6, 6.07) is 3.50. The maximum Gasteiger partial charge on any atom is 0.248 e. The van der Waals surface area contributed by atoms with Gasteiger partial charge < -0.3 is 5.73 Å². The molecule has 0 saturated carbocycles. The van der Waals surface area contributed by atoms with E-state index in [1.54, 1.807) is 0 Å². The van der Waals surface area contributed by atoms with Crippen LogP contribution in [0.5, 0.6) is 0 Å². The van der Waals surface area contributed by atoms with Crippen LogP contribution >= 0.6 is 0 Å². The Hall–Kier alpha value is -1.89. The molecule has 0 saturated heterocycles. The monoisotopic (exact) mass is 164 g/mol. The first kappa shape index (κ1) is 8.21. The highest BCUT2D eigenvalue weighted by Gasteiger charge is 2.05. The largest absolute Gasteiger partial charge is 0.366 e. The van der Waals surface area contributed by atoms with Crippen LogP contribution in [0.3, 0.4) is 0 Å². The molecule has 12 heavy (non-hydrogen) atoms. The van der Waals surface area contributed by atoms with Crippen molar-refractivity contribution in [2.24, 2.45) is 5.73 Å². The van der Waals surface area contributed by atoms with Crippen LogP contribution in [0.2, 0.25) is 0 Å². The molecule has 4 heteroatoms. The molecular formula is C8H5FN2O. The smallest absolute Gasteiger partial charge is 0.248 e. The number of benzene rings is 1. The van der Waals surface area contributed by atoms with Gasteiger partial charge in [0, 0.05) is 5.56 Å². The third kappa shape index (κ3) is 1.40. The number of nitrogens with two attached hydrogens (primary N) is 1. The number of amides is 1. The maximum atomic E-state index is 12.8. The Morgan fingerprint density at radius 1 is 1.58 bits per heavy atom. The molecule has 0 spiro atoms. The van der Waals surface area contributed by atoms with E-state index in [1.165, 1.54) is 12.1 Å². The zero-order valence-electron chi connectivity index (χ0n) is 6.04. The molecule has 1 aromatic carbocycles. The SMILES string of the molecule is [C-]#[N+]c1ccc(C(N)=O)cc1F. The van der Waals surface area contributed by atoms with Crippen molar-refractivity contribution < 1.29 is 9.18 Å². The lowest BCUT2D eigenvalue weighted by Crippen LogP contribution is -2.10. The summed E-state index contributed by atoms with van der Waals surface area (Å²) in [5.41, 5.74) is 4.85. The van der Waals surface area contributed by atoms with E-state index in [1.807, 2.05) is 0 Å². The summed E-state index contributed by atoms with van der Waals surface area (Å²) in [6.45, 7) is 6.53. The summed E-state index contributed by atoms with van der Waals surface area (Å²) in [6.07, 6.45) is 0. The number of rotatable bonds is 1. The summed E-state index contributed by atoms with van der Waals surface area (Å²) in [5, 5.41) is 0. The minimum atomic E-state index is -0.721. The molecule has 0 unspecified atom stereocenters. The van der Waals surface area contributed by atoms with E-state index in [-0.39, 0.29) is 11.3 Å². The summed E-state index contributed by atoms with van der Waals surface area (Å²) >= 11 is 0. The molecule has 0 atom stereocenters. The molecule has 2 N–H and O–H groups in total.